The lowest BCUT2D eigenvalue weighted by Crippen LogP contribution is -2.51. The van der Waals surface area contributed by atoms with Crippen LogP contribution in [0.3, 0.4) is 0 Å². The van der Waals surface area contributed by atoms with Crippen LogP contribution < -0.4 is 4.74 Å². The van der Waals surface area contributed by atoms with Gasteiger partial charge in [-0.25, -0.2) is 12.7 Å². The minimum Gasteiger partial charge on any atom is -0.495 e. The number of benzene rings is 1. The van der Waals surface area contributed by atoms with Gasteiger partial charge >= 0.3 is 0 Å². The molecule has 0 atom stereocenters. The molecule has 0 spiro atoms. The van der Waals surface area contributed by atoms with Crippen molar-refractivity contribution in [2.24, 2.45) is 0 Å². The van der Waals surface area contributed by atoms with E-state index in [1.165, 1.54) is 33.3 Å². The zero-order chi connectivity index (χ0) is 22.6. The normalized spacial score (nSPS) is 14.6. The fourth-order valence-electron chi connectivity index (χ4n) is 3.32. The Labute approximate surface area is 182 Å². The minimum atomic E-state index is -3.78. The number of sulfonamides is 1. The molecule has 9 nitrogen and oxygen atoms in total. The zero-order valence-corrected chi connectivity index (χ0v) is 18.6. The first kappa shape index (κ1) is 22.7. The van der Waals surface area contributed by atoms with Gasteiger partial charge in [-0.15, -0.1) is 0 Å². The summed E-state index contributed by atoms with van der Waals surface area (Å²) in [7, 11) is 0.446. The van der Waals surface area contributed by atoms with Gasteiger partial charge in [-0.1, -0.05) is 6.07 Å². The maximum atomic E-state index is 13.0. The van der Waals surface area contributed by atoms with Crippen molar-refractivity contribution < 1.29 is 22.7 Å². The van der Waals surface area contributed by atoms with Crippen LogP contribution >= 0.6 is 0 Å². The van der Waals surface area contributed by atoms with Crippen LogP contribution in [0.1, 0.15) is 16.1 Å². The zero-order valence-electron chi connectivity index (χ0n) is 17.8. The van der Waals surface area contributed by atoms with Gasteiger partial charge in [0.1, 0.15) is 10.6 Å². The Balaban J connectivity index is 1.69. The maximum Gasteiger partial charge on any atom is 0.254 e. The van der Waals surface area contributed by atoms with E-state index in [0.717, 1.165) is 4.31 Å². The number of carbonyl (C=O) groups is 2. The standard InChI is InChI=1S/C21H26N4O5S/c1-23(2)31(28,29)19-14-16(7-8-18(19)30-3)21(27)25-12-10-24(11-13-25)20(26)15-17-6-4-5-9-22-17/h4-9,14H,10-13,15H2,1-3H3. The van der Waals surface area contributed by atoms with E-state index in [0.29, 0.717) is 31.9 Å². The third-order valence-corrected chi connectivity index (χ3v) is 6.98. The van der Waals surface area contributed by atoms with Gasteiger partial charge in [-0.05, 0) is 30.3 Å². The van der Waals surface area contributed by atoms with Crippen molar-refractivity contribution in [2.45, 2.75) is 11.3 Å². The fraction of sp³-hybridized carbons (Fsp3) is 0.381. The van der Waals surface area contributed by atoms with Crippen molar-refractivity contribution in [1.29, 1.82) is 0 Å². The number of hydrogen-bond donors (Lipinski definition) is 0. The molecule has 0 aliphatic carbocycles. The van der Waals surface area contributed by atoms with Crippen LogP contribution in [0.2, 0.25) is 0 Å². The van der Waals surface area contributed by atoms with Crippen LogP contribution in [0.5, 0.6) is 5.75 Å². The summed E-state index contributed by atoms with van der Waals surface area (Å²) < 4.78 is 31.5. The highest BCUT2D eigenvalue weighted by Gasteiger charge is 2.28. The van der Waals surface area contributed by atoms with Crippen molar-refractivity contribution >= 4 is 21.8 Å². The number of carbonyl (C=O) groups excluding carboxylic acids is 2. The summed E-state index contributed by atoms with van der Waals surface area (Å²) in [5, 5.41) is 0. The summed E-state index contributed by atoms with van der Waals surface area (Å²) in [4.78, 5) is 32.9. The molecule has 0 unspecified atom stereocenters. The number of hydrogen-bond acceptors (Lipinski definition) is 6. The van der Waals surface area contributed by atoms with Crippen molar-refractivity contribution in [2.75, 3.05) is 47.4 Å². The highest BCUT2D eigenvalue weighted by Crippen LogP contribution is 2.27. The third-order valence-electron chi connectivity index (χ3n) is 5.15. The monoisotopic (exact) mass is 446 g/mol. The van der Waals surface area contributed by atoms with Crippen molar-refractivity contribution in [3.63, 3.8) is 0 Å². The molecule has 0 bridgehead atoms. The summed E-state index contributed by atoms with van der Waals surface area (Å²) in [6.45, 7) is 1.57. The smallest absolute Gasteiger partial charge is 0.254 e. The van der Waals surface area contributed by atoms with Gasteiger partial charge in [0.2, 0.25) is 15.9 Å². The summed E-state index contributed by atoms with van der Waals surface area (Å²) in [5.41, 5.74) is 0.966. The predicted octanol–water partition coefficient (Wildman–Crippen LogP) is 0.868. The largest absolute Gasteiger partial charge is 0.495 e. The lowest BCUT2D eigenvalue weighted by molar-refractivity contribution is -0.132. The van der Waals surface area contributed by atoms with Crippen LogP contribution in [0.15, 0.2) is 47.5 Å². The van der Waals surface area contributed by atoms with Crippen LogP contribution in [-0.2, 0) is 21.2 Å². The van der Waals surface area contributed by atoms with Gasteiger partial charge in [0.05, 0.1) is 13.5 Å². The summed E-state index contributed by atoms with van der Waals surface area (Å²) in [6.07, 6.45) is 1.87. The Bertz CT molecular complexity index is 1050. The molecule has 1 aromatic heterocycles. The molecule has 31 heavy (non-hydrogen) atoms. The Kier molecular flexibility index (Phi) is 6.91. The molecule has 0 N–H and O–H groups in total. The molecular formula is C21H26N4O5S. The summed E-state index contributed by atoms with van der Waals surface area (Å²) >= 11 is 0. The molecular weight excluding hydrogens is 420 g/mol. The lowest BCUT2D eigenvalue weighted by Gasteiger charge is -2.35. The molecule has 3 rings (SSSR count). The SMILES string of the molecule is COc1ccc(C(=O)N2CCN(C(=O)Cc3ccccn3)CC2)cc1S(=O)(=O)N(C)C. The van der Waals surface area contributed by atoms with E-state index in [1.807, 2.05) is 6.07 Å². The average molecular weight is 447 g/mol. The predicted molar refractivity (Wildman–Crippen MR) is 114 cm³/mol. The van der Waals surface area contributed by atoms with Gasteiger partial charge in [0, 0.05) is 57.7 Å². The molecule has 1 aromatic carbocycles. The van der Waals surface area contributed by atoms with Crippen LogP contribution in [0, 0.1) is 0 Å². The van der Waals surface area contributed by atoms with Crippen LogP contribution in [0.4, 0.5) is 0 Å². The molecule has 1 saturated heterocycles. The average Bonchev–Trinajstić information content (AvgIpc) is 2.78. The summed E-state index contributed by atoms with van der Waals surface area (Å²) in [6, 6.07) is 9.82. The second kappa shape index (κ2) is 9.44. The molecule has 1 aliphatic heterocycles. The Morgan fingerprint density at radius 3 is 2.32 bits per heavy atom. The number of pyridine rings is 1. The van der Waals surface area contributed by atoms with Gasteiger partial charge in [-0.3, -0.25) is 14.6 Å². The van der Waals surface area contributed by atoms with E-state index in [9.17, 15) is 18.0 Å². The molecule has 1 fully saturated rings. The quantitative estimate of drug-likeness (QED) is 0.653. The Hall–Kier alpha value is -2.98. The van der Waals surface area contributed by atoms with E-state index in [1.54, 1.807) is 34.2 Å². The first-order chi connectivity index (χ1) is 14.7. The fourth-order valence-corrected chi connectivity index (χ4v) is 4.39. The molecule has 2 heterocycles. The first-order valence-corrected chi connectivity index (χ1v) is 11.3. The number of nitrogens with zero attached hydrogens (tertiary/aromatic N) is 4. The summed E-state index contributed by atoms with van der Waals surface area (Å²) in [5.74, 6) is -0.139. The molecule has 10 heteroatoms. The van der Waals surface area contributed by atoms with E-state index in [4.69, 9.17) is 4.74 Å². The highest BCUT2D eigenvalue weighted by molar-refractivity contribution is 7.89. The van der Waals surface area contributed by atoms with Crippen molar-refractivity contribution in [1.82, 2.24) is 19.1 Å². The highest BCUT2D eigenvalue weighted by atomic mass is 32.2. The van der Waals surface area contributed by atoms with E-state index >= 15 is 0 Å². The molecule has 1 aliphatic rings. The molecule has 166 valence electrons. The first-order valence-electron chi connectivity index (χ1n) is 9.81. The van der Waals surface area contributed by atoms with Crippen LogP contribution in [0.25, 0.3) is 0 Å². The van der Waals surface area contributed by atoms with Crippen molar-refractivity contribution in [3.05, 3.63) is 53.9 Å². The number of piperazine rings is 1. The number of rotatable bonds is 6. The van der Waals surface area contributed by atoms with E-state index < -0.39 is 10.0 Å². The molecule has 2 aromatic rings. The number of ether oxygens (including phenoxy) is 1. The molecule has 0 radical (unpaired) electrons. The number of amides is 2. The maximum absolute atomic E-state index is 13.0. The van der Waals surface area contributed by atoms with Crippen molar-refractivity contribution in [3.8, 4) is 5.75 Å². The minimum absolute atomic E-state index is 0.0328. The van der Waals surface area contributed by atoms with E-state index in [2.05, 4.69) is 4.98 Å². The Morgan fingerprint density at radius 2 is 1.74 bits per heavy atom. The van der Waals surface area contributed by atoms with Gasteiger partial charge in [0.25, 0.3) is 5.91 Å². The topological polar surface area (TPSA) is 100 Å². The van der Waals surface area contributed by atoms with Gasteiger partial charge < -0.3 is 14.5 Å². The second-order valence-corrected chi connectivity index (χ2v) is 9.44. The molecule has 0 saturated carbocycles. The van der Waals surface area contributed by atoms with Crippen LogP contribution in [-0.4, -0.2) is 86.7 Å². The van der Waals surface area contributed by atoms with Gasteiger partial charge in [0.15, 0.2) is 0 Å². The molecule has 2 amide bonds. The third kappa shape index (κ3) is 5.02. The van der Waals surface area contributed by atoms with E-state index in [-0.39, 0.29) is 34.4 Å². The second-order valence-electron chi connectivity index (χ2n) is 7.32. The lowest BCUT2D eigenvalue weighted by atomic mass is 10.1. The number of aromatic nitrogens is 1. The Morgan fingerprint density at radius 1 is 1.06 bits per heavy atom. The number of methoxy groups -OCH3 is 1. The van der Waals surface area contributed by atoms with Gasteiger partial charge in [-0.2, -0.15) is 0 Å².